The summed E-state index contributed by atoms with van der Waals surface area (Å²) in [5.74, 6) is 0.0345. The predicted octanol–water partition coefficient (Wildman–Crippen LogP) is 4.98. The minimum atomic E-state index is -4.83. The number of piperidine rings is 1. The van der Waals surface area contributed by atoms with Crippen LogP contribution < -0.4 is 14.8 Å². The molecule has 0 radical (unpaired) electrons. The maximum absolute atomic E-state index is 13.8. The van der Waals surface area contributed by atoms with E-state index in [0.717, 1.165) is 13.1 Å². The van der Waals surface area contributed by atoms with Gasteiger partial charge in [-0.25, -0.2) is 0 Å². The molecule has 1 N–H and O–H groups in total. The van der Waals surface area contributed by atoms with Gasteiger partial charge in [0.15, 0.2) is 0 Å². The average Bonchev–Trinajstić information content (AvgIpc) is 2.89. The molecule has 9 heteroatoms. The smallest absolute Gasteiger partial charge is 0.492 e. The number of aromatic nitrogens is 1. The van der Waals surface area contributed by atoms with Crippen LogP contribution >= 0.6 is 0 Å². The third-order valence-electron chi connectivity index (χ3n) is 6.00. The van der Waals surface area contributed by atoms with Gasteiger partial charge in [0.1, 0.15) is 18.1 Å². The Kier molecular flexibility index (Phi) is 8.43. The number of ether oxygens (including phenoxy) is 2. The van der Waals surface area contributed by atoms with E-state index in [0.29, 0.717) is 29.8 Å². The summed E-state index contributed by atoms with van der Waals surface area (Å²) in [6.07, 6.45) is -1.86. The van der Waals surface area contributed by atoms with Gasteiger partial charge in [-0.15, -0.1) is 13.2 Å². The van der Waals surface area contributed by atoms with Crippen molar-refractivity contribution in [2.75, 3.05) is 26.2 Å². The number of carbonyl (C=O) groups excluding carboxylic acids is 1. The Morgan fingerprint density at radius 1 is 1.00 bits per heavy atom. The molecule has 3 aromatic rings. The first-order chi connectivity index (χ1) is 17.4. The van der Waals surface area contributed by atoms with Crippen LogP contribution in [0.5, 0.6) is 11.5 Å². The van der Waals surface area contributed by atoms with E-state index in [4.69, 9.17) is 4.74 Å². The highest BCUT2D eigenvalue weighted by atomic mass is 19.4. The number of hydrogen-bond donors (Lipinski definition) is 1. The van der Waals surface area contributed by atoms with E-state index < -0.39 is 12.4 Å². The van der Waals surface area contributed by atoms with Crippen molar-refractivity contribution in [1.82, 2.24) is 15.2 Å². The van der Waals surface area contributed by atoms with Gasteiger partial charge < -0.3 is 19.7 Å². The van der Waals surface area contributed by atoms with E-state index in [1.54, 1.807) is 35.4 Å². The third-order valence-corrected chi connectivity index (χ3v) is 6.00. The zero-order valence-corrected chi connectivity index (χ0v) is 19.7. The number of para-hydroxylation sites is 1. The molecular formula is C27H28F3N3O3. The van der Waals surface area contributed by atoms with Crippen LogP contribution in [-0.2, 0) is 4.79 Å². The molecule has 0 saturated carbocycles. The Balaban J connectivity index is 1.68. The van der Waals surface area contributed by atoms with Crippen molar-refractivity contribution in [3.8, 4) is 11.5 Å². The van der Waals surface area contributed by atoms with Crippen molar-refractivity contribution in [1.29, 1.82) is 0 Å². The zero-order valence-electron chi connectivity index (χ0n) is 19.7. The van der Waals surface area contributed by atoms with Crippen molar-refractivity contribution < 1.29 is 27.4 Å². The first-order valence-corrected chi connectivity index (χ1v) is 11.9. The van der Waals surface area contributed by atoms with Gasteiger partial charge in [0.2, 0.25) is 5.91 Å². The third kappa shape index (κ3) is 6.97. The number of hydrogen-bond acceptors (Lipinski definition) is 5. The fourth-order valence-corrected chi connectivity index (χ4v) is 4.38. The molecule has 1 amide bonds. The molecular weight excluding hydrogens is 471 g/mol. The topological polar surface area (TPSA) is 63.7 Å². The molecule has 2 heterocycles. The number of pyridine rings is 1. The van der Waals surface area contributed by atoms with Gasteiger partial charge >= 0.3 is 6.36 Å². The van der Waals surface area contributed by atoms with Crippen LogP contribution in [0.25, 0.3) is 0 Å². The van der Waals surface area contributed by atoms with Gasteiger partial charge in [-0.05, 0) is 67.9 Å². The van der Waals surface area contributed by atoms with Crippen LogP contribution in [0, 0.1) is 5.92 Å². The first-order valence-electron chi connectivity index (χ1n) is 11.9. The lowest BCUT2D eigenvalue weighted by atomic mass is 9.93. The maximum atomic E-state index is 13.8. The minimum absolute atomic E-state index is 0.0778. The lowest BCUT2D eigenvalue weighted by molar-refractivity contribution is -0.274. The van der Waals surface area contributed by atoms with E-state index in [1.165, 1.54) is 18.2 Å². The number of nitrogens with zero attached hydrogens (tertiary/aromatic N) is 2. The number of carbonyl (C=O) groups is 1. The summed E-state index contributed by atoms with van der Waals surface area (Å²) in [6.45, 7) is 1.90. The van der Waals surface area contributed by atoms with E-state index >= 15 is 0 Å². The molecule has 1 aromatic heterocycles. The number of halogens is 3. The van der Waals surface area contributed by atoms with Crippen LogP contribution in [0.4, 0.5) is 13.2 Å². The molecule has 36 heavy (non-hydrogen) atoms. The minimum Gasteiger partial charge on any atom is -0.492 e. The monoisotopic (exact) mass is 499 g/mol. The van der Waals surface area contributed by atoms with Crippen LogP contribution in [0.3, 0.4) is 0 Å². The number of alkyl halides is 3. The second-order valence-electron chi connectivity index (χ2n) is 8.49. The summed E-state index contributed by atoms with van der Waals surface area (Å²) in [6, 6.07) is 19.6. The van der Waals surface area contributed by atoms with Gasteiger partial charge in [-0.2, -0.15) is 0 Å². The standard InChI is InChI=1S/C27H28F3N3O3/c28-27(29,30)36-23-10-6-7-21(19-23)25(24-11-4-5-14-32-24)33(26(34)20-12-15-31-16-13-20)17-18-35-22-8-2-1-3-9-22/h1-11,14,19-20,25,31H,12-13,15-18H2. The van der Waals surface area contributed by atoms with Gasteiger partial charge in [-0.3, -0.25) is 9.78 Å². The molecule has 1 unspecified atom stereocenters. The molecule has 1 aliphatic rings. The second kappa shape index (κ2) is 11.9. The number of rotatable bonds is 9. The highest BCUT2D eigenvalue weighted by molar-refractivity contribution is 5.80. The van der Waals surface area contributed by atoms with Gasteiger partial charge in [-0.1, -0.05) is 36.4 Å². The van der Waals surface area contributed by atoms with Gasteiger partial charge in [0.05, 0.1) is 18.3 Å². The number of nitrogens with one attached hydrogen (secondary N) is 1. The predicted molar refractivity (Wildman–Crippen MR) is 128 cm³/mol. The van der Waals surface area contributed by atoms with Crippen LogP contribution in [0.15, 0.2) is 79.0 Å². The summed E-state index contributed by atoms with van der Waals surface area (Å²) in [5.41, 5.74) is 1.01. The molecule has 1 aliphatic heterocycles. The molecule has 0 aliphatic carbocycles. The summed E-state index contributed by atoms with van der Waals surface area (Å²) in [4.78, 5) is 20.0. The highest BCUT2D eigenvalue weighted by Crippen LogP contribution is 2.33. The molecule has 0 bridgehead atoms. The lowest BCUT2D eigenvalue weighted by Gasteiger charge is -2.36. The molecule has 1 saturated heterocycles. The Bertz CT molecular complexity index is 1110. The Hall–Kier alpha value is -3.59. The summed E-state index contributed by atoms with van der Waals surface area (Å²) in [5, 5.41) is 3.26. The molecule has 1 atom stereocenters. The summed E-state index contributed by atoms with van der Waals surface area (Å²) in [7, 11) is 0. The van der Waals surface area contributed by atoms with Crippen molar-refractivity contribution >= 4 is 5.91 Å². The largest absolute Gasteiger partial charge is 0.573 e. The number of amides is 1. The fourth-order valence-electron chi connectivity index (χ4n) is 4.38. The summed E-state index contributed by atoms with van der Waals surface area (Å²) >= 11 is 0. The SMILES string of the molecule is O=C(C1CCNCC1)N(CCOc1ccccc1)C(c1cccc(OC(F)(F)F)c1)c1ccccn1. The Labute approximate surface area is 208 Å². The molecule has 190 valence electrons. The van der Waals surface area contributed by atoms with Crippen LogP contribution in [0.1, 0.15) is 30.1 Å². The van der Waals surface area contributed by atoms with Crippen molar-refractivity contribution in [2.24, 2.45) is 5.92 Å². The first kappa shape index (κ1) is 25.5. The van der Waals surface area contributed by atoms with Crippen LogP contribution in [-0.4, -0.2) is 48.4 Å². The Morgan fingerprint density at radius 2 is 1.72 bits per heavy atom. The van der Waals surface area contributed by atoms with Gasteiger partial charge in [0.25, 0.3) is 0 Å². The quantitative estimate of drug-likeness (QED) is 0.450. The highest BCUT2D eigenvalue weighted by Gasteiger charge is 2.34. The van der Waals surface area contributed by atoms with E-state index in [1.807, 2.05) is 30.3 Å². The van der Waals surface area contributed by atoms with Crippen molar-refractivity contribution in [3.05, 3.63) is 90.3 Å². The lowest BCUT2D eigenvalue weighted by Crippen LogP contribution is -2.45. The second-order valence-corrected chi connectivity index (χ2v) is 8.49. The zero-order chi connectivity index (χ0) is 25.4. The molecule has 4 rings (SSSR count). The normalized spacial score (nSPS) is 15.2. The molecule has 1 fully saturated rings. The number of benzene rings is 2. The molecule has 6 nitrogen and oxygen atoms in total. The van der Waals surface area contributed by atoms with E-state index in [-0.39, 0.29) is 30.7 Å². The van der Waals surface area contributed by atoms with E-state index in [2.05, 4.69) is 15.0 Å². The fraction of sp³-hybridized carbons (Fsp3) is 0.333. The van der Waals surface area contributed by atoms with Crippen molar-refractivity contribution in [3.63, 3.8) is 0 Å². The summed E-state index contributed by atoms with van der Waals surface area (Å²) < 4.78 is 48.9. The Morgan fingerprint density at radius 3 is 2.42 bits per heavy atom. The van der Waals surface area contributed by atoms with Crippen LogP contribution in [0.2, 0.25) is 0 Å². The molecule has 2 aromatic carbocycles. The van der Waals surface area contributed by atoms with Crippen molar-refractivity contribution in [2.45, 2.75) is 25.2 Å². The molecule has 0 spiro atoms. The maximum Gasteiger partial charge on any atom is 0.573 e. The average molecular weight is 500 g/mol. The van der Waals surface area contributed by atoms with E-state index in [9.17, 15) is 18.0 Å². The van der Waals surface area contributed by atoms with Gasteiger partial charge in [0, 0.05) is 12.1 Å².